The second-order valence-electron chi connectivity index (χ2n) is 4.34. The Labute approximate surface area is 122 Å². The molecule has 0 saturated carbocycles. The number of hydrogen-bond acceptors (Lipinski definition) is 4. The Kier molecular flexibility index (Phi) is 4.45. The van der Waals surface area contributed by atoms with Gasteiger partial charge in [0.1, 0.15) is 18.0 Å². The molecule has 6 heteroatoms. The molecule has 0 aliphatic heterocycles. The van der Waals surface area contributed by atoms with Gasteiger partial charge in [-0.05, 0) is 32.0 Å². The van der Waals surface area contributed by atoms with E-state index in [-0.39, 0.29) is 0 Å². The molecule has 0 amide bonds. The number of nitrogens with zero attached hydrogens (tertiary/aromatic N) is 2. The van der Waals surface area contributed by atoms with E-state index in [1.165, 1.54) is 6.33 Å². The Hall–Kier alpha value is -1.52. The van der Waals surface area contributed by atoms with Crippen molar-refractivity contribution in [1.82, 2.24) is 9.97 Å². The SMILES string of the molecule is CC(C)Nc1cc(Nc2ccc(Cl)c(Cl)c2)ncn1. The fourth-order valence-corrected chi connectivity index (χ4v) is 1.82. The molecule has 0 fully saturated rings. The van der Waals surface area contributed by atoms with E-state index in [1.807, 2.05) is 26.0 Å². The number of halogens is 2. The number of hydrogen-bond donors (Lipinski definition) is 2. The number of nitrogens with one attached hydrogen (secondary N) is 2. The molecule has 0 saturated heterocycles. The normalized spacial score (nSPS) is 10.6. The first kappa shape index (κ1) is 13.9. The first-order valence-corrected chi connectivity index (χ1v) is 6.61. The summed E-state index contributed by atoms with van der Waals surface area (Å²) in [6, 6.07) is 7.48. The minimum Gasteiger partial charge on any atom is -0.368 e. The zero-order chi connectivity index (χ0) is 13.8. The Bertz CT molecular complexity index is 572. The van der Waals surface area contributed by atoms with E-state index in [0.717, 1.165) is 11.5 Å². The van der Waals surface area contributed by atoms with Crippen LogP contribution in [0.2, 0.25) is 10.0 Å². The van der Waals surface area contributed by atoms with Crippen molar-refractivity contribution in [2.24, 2.45) is 0 Å². The van der Waals surface area contributed by atoms with Crippen LogP contribution in [0.4, 0.5) is 17.3 Å². The van der Waals surface area contributed by atoms with Gasteiger partial charge in [-0.3, -0.25) is 0 Å². The van der Waals surface area contributed by atoms with Gasteiger partial charge in [0.25, 0.3) is 0 Å². The molecular formula is C13H14Cl2N4. The first-order chi connectivity index (χ1) is 9.04. The predicted molar refractivity (Wildman–Crippen MR) is 80.5 cm³/mol. The van der Waals surface area contributed by atoms with Crippen LogP contribution in [-0.4, -0.2) is 16.0 Å². The zero-order valence-corrected chi connectivity index (χ0v) is 12.1. The lowest BCUT2D eigenvalue weighted by atomic mass is 10.3. The molecule has 0 atom stereocenters. The fourth-order valence-electron chi connectivity index (χ4n) is 1.52. The number of anilines is 3. The summed E-state index contributed by atoms with van der Waals surface area (Å²) in [6.07, 6.45) is 1.50. The summed E-state index contributed by atoms with van der Waals surface area (Å²) in [6.45, 7) is 4.10. The van der Waals surface area contributed by atoms with Crippen LogP contribution < -0.4 is 10.6 Å². The smallest absolute Gasteiger partial charge is 0.135 e. The molecule has 0 unspecified atom stereocenters. The molecule has 0 spiro atoms. The second kappa shape index (κ2) is 6.08. The van der Waals surface area contributed by atoms with E-state index in [0.29, 0.717) is 21.9 Å². The summed E-state index contributed by atoms with van der Waals surface area (Å²) in [5.74, 6) is 1.46. The largest absolute Gasteiger partial charge is 0.368 e. The second-order valence-corrected chi connectivity index (χ2v) is 5.16. The van der Waals surface area contributed by atoms with Gasteiger partial charge in [0.05, 0.1) is 10.0 Å². The standard InChI is InChI=1S/C13H14Cl2N4/c1-8(2)18-12-6-13(17-7-16-12)19-9-3-4-10(14)11(15)5-9/h3-8H,1-2H3,(H2,16,17,18,19). The molecular weight excluding hydrogens is 283 g/mol. The molecule has 0 aliphatic carbocycles. The van der Waals surface area contributed by atoms with Crippen LogP contribution in [0.25, 0.3) is 0 Å². The van der Waals surface area contributed by atoms with Gasteiger partial charge in [-0.1, -0.05) is 23.2 Å². The lowest BCUT2D eigenvalue weighted by molar-refractivity contribution is 0.886. The van der Waals surface area contributed by atoms with Crippen LogP contribution in [0.15, 0.2) is 30.6 Å². The Balaban J connectivity index is 2.16. The van der Waals surface area contributed by atoms with Crippen LogP contribution in [-0.2, 0) is 0 Å². The average molecular weight is 297 g/mol. The zero-order valence-electron chi connectivity index (χ0n) is 10.6. The Morgan fingerprint density at radius 3 is 2.42 bits per heavy atom. The lowest BCUT2D eigenvalue weighted by Crippen LogP contribution is -2.11. The third-order valence-electron chi connectivity index (χ3n) is 2.30. The molecule has 100 valence electrons. The molecule has 1 aromatic heterocycles. The van der Waals surface area contributed by atoms with Crippen molar-refractivity contribution in [1.29, 1.82) is 0 Å². The molecule has 19 heavy (non-hydrogen) atoms. The van der Waals surface area contributed by atoms with Crippen molar-refractivity contribution >= 4 is 40.5 Å². The maximum absolute atomic E-state index is 5.96. The van der Waals surface area contributed by atoms with Crippen LogP contribution >= 0.6 is 23.2 Å². The molecule has 0 bridgehead atoms. The molecule has 1 heterocycles. The van der Waals surface area contributed by atoms with Gasteiger partial charge in [0.2, 0.25) is 0 Å². The Morgan fingerprint density at radius 1 is 1.00 bits per heavy atom. The van der Waals surface area contributed by atoms with Crippen LogP contribution in [0, 0.1) is 0 Å². The summed E-state index contributed by atoms with van der Waals surface area (Å²) in [4.78, 5) is 8.30. The van der Waals surface area contributed by atoms with Gasteiger partial charge in [-0.25, -0.2) is 9.97 Å². The third-order valence-corrected chi connectivity index (χ3v) is 3.03. The minimum atomic E-state index is 0.313. The van der Waals surface area contributed by atoms with Crippen LogP contribution in [0.5, 0.6) is 0 Å². The molecule has 2 rings (SSSR count). The number of rotatable bonds is 4. The Morgan fingerprint density at radius 2 is 1.74 bits per heavy atom. The van der Waals surface area contributed by atoms with E-state index in [2.05, 4.69) is 20.6 Å². The highest BCUT2D eigenvalue weighted by molar-refractivity contribution is 6.42. The summed E-state index contributed by atoms with van der Waals surface area (Å²) >= 11 is 11.8. The van der Waals surface area contributed by atoms with Gasteiger partial charge in [-0.2, -0.15) is 0 Å². The van der Waals surface area contributed by atoms with E-state index in [1.54, 1.807) is 12.1 Å². The maximum Gasteiger partial charge on any atom is 0.135 e. The van der Waals surface area contributed by atoms with Crippen molar-refractivity contribution in [2.75, 3.05) is 10.6 Å². The quantitative estimate of drug-likeness (QED) is 0.881. The van der Waals surface area contributed by atoms with E-state index in [4.69, 9.17) is 23.2 Å². The van der Waals surface area contributed by atoms with Gasteiger partial charge >= 0.3 is 0 Å². The summed E-state index contributed by atoms with van der Waals surface area (Å²) in [5.41, 5.74) is 0.823. The highest BCUT2D eigenvalue weighted by Crippen LogP contribution is 2.26. The maximum atomic E-state index is 5.96. The van der Waals surface area contributed by atoms with E-state index >= 15 is 0 Å². The predicted octanol–water partition coefficient (Wildman–Crippen LogP) is 4.35. The van der Waals surface area contributed by atoms with Crippen molar-refractivity contribution in [3.05, 3.63) is 40.6 Å². The van der Waals surface area contributed by atoms with Crippen molar-refractivity contribution in [2.45, 2.75) is 19.9 Å². The summed E-state index contributed by atoms with van der Waals surface area (Å²) < 4.78 is 0. The minimum absolute atomic E-state index is 0.313. The lowest BCUT2D eigenvalue weighted by Gasteiger charge is -2.11. The van der Waals surface area contributed by atoms with Crippen LogP contribution in [0.3, 0.4) is 0 Å². The van der Waals surface area contributed by atoms with E-state index in [9.17, 15) is 0 Å². The topological polar surface area (TPSA) is 49.8 Å². The molecule has 0 aliphatic rings. The first-order valence-electron chi connectivity index (χ1n) is 5.85. The molecule has 1 aromatic carbocycles. The van der Waals surface area contributed by atoms with Gasteiger partial charge in [0, 0.05) is 17.8 Å². The van der Waals surface area contributed by atoms with Crippen molar-refractivity contribution in [3.63, 3.8) is 0 Å². The molecule has 2 aromatic rings. The third kappa shape index (κ3) is 3.98. The van der Waals surface area contributed by atoms with Crippen molar-refractivity contribution < 1.29 is 0 Å². The molecule has 0 radical (unpaired) electrons. The molecule has 2 N–H and O–H groups in total. The number of aromatic nitrogens is 2. The molecule has 4 nitrogen and oxygen atoms in total. The van der Waals surface area contributed by atoms with Gasteiger partial charge in [0.15, 0.2) is 0 Å². The van der Waals surface area contributed by atoms with Gasteiger partial charge in [-0.15, -0.1) is 0 Å². The average Bonchev–Trinajstić information content (AvgIpc) is 2.33. The highest BCUT2D eigenvalue weighted by atomic mass is 35.5. The fraction of sp³-hybridized carbons (Fsp3) is 0.231. The monoisotopic (exact) mass is 296 g/mol. The van der Waals surface area contributed by atoms with Gasteiger partial charge < -0.3 is 10.6 Å². The van der Waals surface area contributed by atoms with E-state index < -0.39 is 0 Å². The van der Waals surface area contributed by atoms with Crippen molar-refractivity contribution in [3.8, 4) is 0 Å². The summed E-state index contributed by atoms with van der Waals surface area (Å²) in [5, 5.41) is 7.39. The van der Waals surface area contributed by atoms with Crippen LogP contribution in [0.1, 0.15) is 13.8 Å². The number of benzene rings is 1. The summed E-state index contributed by atoms with van der Waals surface area (Å²) in [7, 11) is 0. The highest BCUT2D eigenvalue weighted by Gasteiger charge is 2.03.